The van der Waals surface area contributed by atoms with Crippen molar-refractivity contribution in [2.45, 2.75) is 19.8 Å². The Morgan fingerprint density at radius 1 is 1.56 bits per heavy atom. The third-order valence-electron chi connectivity index (χ3n) is 2.33. The quantitative estimate of drug-likeness (QED) is 0.801. The van der Waals surface area contributed by atoms with Gasteiger partial charge in [-0.2, -0.15) is 5.26 Å². The fraction of sp³-hybridized carbons (Fsp3) is 0.333. The Kier molecular flexibility index (Phi) is 4.51. The molecule has 0 N–H and O–H groups in total. The van der Waals surface area contributed by atoms with E-state index in [4.69, 9.17) is 5.26 Å². The highest BCUT2D eigenvalue weighted by atomic mass is 79.9. The number of hydrogen-bond acceptors (Lipinski definition) is 3. The SMILES string of the molecule is CCc1cc(Br)c(CC(=O)OC)c(C#N)c1. The standard InChI is InChI=1S/C12H12BrNO2/c1-3-8-4-9(7-14)10(11(13)5-8)6-12(15)16-2/h4-5H,3,6H2,1-2H3. The van der Waals surface area contributed by atoms with E-state index in [-0.39, 0.29) is 12.4 Å². The minimum Gasteiger partial charge on any atom is -0.469 e. The van der Waals surface area contributed by atoms with Crippen molar-refractivity contribution in [1.29, 1.82) is 5.26 Å². The van der Waals surface area contributed by atoms with Gasteiger partial charge in [0.05, 0.1) is 25.2 Å². The number of methoxy groups -OCH3 is 1. The molecular formula is C12H12BrNO2. The smallest absolute Gasteiger partial charge is 0.310 e. The summed E-state index contributed by atoms with van der Waals surface area (Å²) in [6.45, 7) is 2.02. The van der Waals surface area contributed by atoms with Crippen LogP contribution in [0.3, 0.4) is 0 Å². The minimum absolute atomic E-state index is 0.115. The van der Waals surface area contributed by atoms with Gasteiger partial charge in [0.2, 0.25) is 0 Å². The summed E-state index contributed by atoms with van der Waals surface area (Å²) in [5.74, 6) is -0.346. The van der Waals surface area contributed by atoms with E-state index in [9.17, 15) is 4.79 Å². The fourth-order valence-corrected chi connectivity index (χ4v) is 2.04. The zero-order valence-electron chi connectivity index (χ0n) is 9.21. The molecule has 0 amide bonds. The van der Waals surface area contributed by atoms with Crippen LogP contribution in [-0.2, 0) is 22.4 Å². The molecule has 0 aliphatic heterocycles. The number of halogens is 1. The highest BCUT2D eigenvalue weighted by Crippen LogP contribution is 2.24. The van der Waals surface area contributed by atoms with Crippen LogP contribution in [0.4, 0.5) is 0 Å². The second kappa shape index (κ2) is 5.66. The Bertz CT molecular complexity index is 449. The maximum atomic E-state index is 11.2. The molecule has 0 aliphatic carbocycles. The van der Waals surface area contributed by atoms with Crippen molar-refractivity contribution in [2.24, 2.45) is 0 Å². The van der Waals surface area contributed by atoms with Gasteiger partial charge in [0, 0.05) is 4.47 Å². The van der Waals surface area contributed by atoms with Crippen molar-refractivity contribution < 1.29 is 9.53 Å². The molecule has 1 aromatic carbocycles. The lowest BCUT2D eigenvalue weighted by molar-refractivity contribution is -0.139. The molecule has 84 valence electrons. The molecule has 1 rings (SSSR count). The van der Waals surface area contributed by atoms with Crippen molar-refractivity contribution in [3.63, 3.8) is 0 Å². The van der Waals surface area contributed by atoms with E-state index in [0.717, 1.165) is 16.5 Å². The van der Waals surface area contributed by atoms with E-state index in [1.54, 1.807) is 0 Å². The Hall–Kier alpha value is -1.34. The van der Waals surface area contributed by atoms with E-state index < -0.39 is 0 Å². The van der Waals surface area contributed by atoms with Crippen LogP contribution < -0.4 is 0 Å². The molecule has 0 saturated carbocycles. The number of rotatable bonds is 3. The van der Waals surface area contributed by atoms with Crippen molar-refractivity contribution in [2.75, 3.05) is 7.11 Å². The summed E-state index contributed by atoms with van der Waals surface area (Å²) in [6.07, 6.45) is 0.968. The maximum Gasteiger partial charge on any atom is 0.310 e. The molecule has 0 aliphatic rings. The molecule has 1 aromatic rings. The number of nitrogens with zero attached hydrogens (tertiary/aromatic N) is 1. The fourth-order valence-electron chi connectivity index (χ4n) is 1.39. The zero-order chi connectivity index (χ0) is 12.1. The largest absolute Gasteiger partial charge is 0.469 e. The highest BCUT2D eigenvalue weighted by Gasteiger charge is 2.12. The average molecular weight is 282 g/mol. The van der Waals surface area contributed by atoms with Crippen LogP contribution in [-0.4, -0.2) is 13.1 Å². The first-order valence-corrected chi connectivity index (χ1v) is 5.69. The van der Waals surface area contributed by atoms with E-state index in [2.05, 4.69) is 26.7 Å². The van der Waals surface area contributed by atoms with Gasteiger partial charge in [-0.15, -0.1) is 0 Å². The van der Waals surface area contributed by atoms with Gasteiger partial charge >= 0.3 is 5.97 Å². The van der Waals surface area contributed by atoms with Gasteiger partial charge in [0.1, 0.15) is 0 Å². The lowest BCUT2D eigenvalue weighted by Gasteiger charge is -2.08. The maximum absolute atomic E-state index is 11.2. The van der Waals surface area contributed by atoms with Crippen LogP contribution in [0, 0.1) is 11.3 Å². The van der Waals surface area contributed by atoms with Crippen molar-refractivity contribution in [3.05, 3.63) is 33.3 Å². The summed E-state index contributed by atoms with van der Waals surface area (Å²) in [6, 6.07) is 5.84. The molecule has 0 aromatic heterocycles. The number of ether oxygens (including phenoxy) is 1. The first-order valence-electron chi connectivity index (χ1n) is 4.90. The van der Waals surface area contributed by atoms with Crippen LogP contribution in [0.1, 0.15) is 23.6 Å². The molecule has 3 nitrogen and oxygen atoms in total. The second-order valence-electron chi connectivity index (χ2n) is 3.32. The molecule has 0 saturated heterocycles. The number of carbonyl (C=O) groups excluding carboxylic acids is 1. The van der Waals surface area contributed by atoms with Gasteiger partial charge in [-0.25, -0.2) is 0 Å². The number of esters is 1. The Morgan fingerprint density at radius 2 is 2.25 bits per heavy atom. The number of benzene rings is 1. The number of aryl methyl sites for hydroxylation is 1. The summed E-state index contributed by atoms with van der Waals surface area (Å²) in [5, 5.41) is 9.03. The van der Waals surface area contributed by atoms with E-state index in [0.29, 0.717) is 11.1 Å². The number of nitriles is 1. The Morgan fingerprint density at radius 3 is 2.75 bits per heavy atom. The Labute approximate surface area is 103 Å². The molecule has 4 heteroatoms. The number of carbonyl (C=O) groups is 1. The predicted octanol–water partition coefficient (Wildman–Crippen LogP) is 2.60. The van der Waals surface area contributed by atoms with Gasteiger partial charge in [0.15, 0.2) is 0 Å². The van der Waals surface area contributed by atoms with Crippen LogP contribution in [0.2, 0.25) is 0 Å². The lowest BCUT2D eigenvalue weighted by Crippen LogP contribution is -2.07. The van der Waals surface area contributed by atoms with Gasteiger partial charge in [-0.05, 0) is 29.7 Å². The monoisotopic (exact) mass is 281 g/mol. The first kappa shape index (κ1) is 12.7. The van der Waals surface area contributed by atoms with Crippen LogP contribution in [0.15, 0.2) is 16.6 Å². The molecule has 16 heavy (non-hydrogen) atoms. The topological polar surface area (TPSA) is 50.1 Å². The van der Waals surface area contributed by atoms with Gasteiger partial charge in [-0.1, -0.05) is 22.9 Å². The summed E-state index contributed by atoms with van der Waals surface area (Å²) in [4.78, 5) is 11.2. The van der Waals surface area contributed by atoms with E-state index in [1.165, 1.54) is 7.11 Å². The molecule has 0 radical (unpaired) electrons. The molecule has 0 spiro atoms. The van der Waals surface area contributed by atoms with E-state index >= 15 is 0 Å². The third-order valence-corrected chi connectivity index (χ3v) is 3.04. The normalized spacial score (nSPS) is 9.62. The van der Waals surface area contributed by atoms with Crippen LogP contribution in [0.25, 0.3) is 0 Å². The summed E-state index contributed by atoms with van der Waals surface area (Å²) < 4.78 is 5.38. The van der Waals surface area contributed by atoms with Gasteiger partial charge < -0.3 is 4.74 Å². The first-order chi connectivity index (χ1) is 7.62. The summed E-state index contributed by atoms with van der Waals surface area (Å²) in [5.41, 5.74) is 2.28. The van der Waals surface area contributed by atoms with Gasteiger partial charge in [0.25, 0.3) is 0 Å². The van der Waals surface area contributed by atoms with E-state index in [1.807, 2.05) is 19.1 Å². The summed E-state index contributed by atoms with van der Waals surface area (Å²) in [7, 11) is 1.34. The molecular weight excluding hydrogens is 270 g/mol. The molecule has 0 fully saturated rings. The second-order valence-corrected chi connectivity index (χ2v) is 4.18. The van der Waals surface area contributed by atoms with Crippen molar-refractivity contribution >= 4 is 21.9 Å². The Balaban J connectivity index is 3.18. The highest BCUT2D eigenvalue weighted by molar-refractivity contribution is 9.10. The molecule has 0 heterocycles. The van der Waals surface area contributed by atoms with Crippen molar-refractivity contribution in [1.82, 2.24) is 0 Å². The lowest BCUT2D eigenvalue weighted by atomic mass is 10.0. The van der Waals surface area contributed by atoms with Crippen LogP contribution >= 0.6 is 15.9 Å². The number of hydrogen-bond donors (Lipinski definition) is 0. The minimum atomic E-state index is -0.346. The third kappa shape index (κ3) is 2.83. The van der Waals surface area contributed by atoms with Crippen LogP contribution in [0.5, 0.6) is 0 Å². The molecule has 0 atom stereocenters. The zero-order valence-corrected chi connectivity index (χ0v) is 10.8. The molecule has 0 unspecified atom stereocenters. The average Bonchev–Trinajstić information content (AvgIpc) is 2.30. The van der Waals surface area contributed by atoms with Crippen molar-refractivity contribution in [3.8, 4) is 6.07 Å². The predicted molar refractivity (Wildman–Crippen MR) is 64.0 cm³/mol. The molecule has 0 bridgehead atoms. The summed E-state index contributed by atoms with van der Waals surface area (Å²) >= 11 is 3.38. The van der Waals surface area contributed by atoms with Gasteiger partial charge in [-0.3, -0.25) is 4.79 Å².